The van der Waals surface area contributed by atoms with Gasteiger partial charge in [0.1, 0.15) is 5.56 Å². The van der Waals surface area contributed by atoms with E-state index in [-0.39, 0.29) is 29.1 Å². The van der Waals surface area contributed by atoms with Crippen molar-refractivity contribution in [1.82, 2.24) is 9.78 Å². The van der Waals surface area contributed by atoms with Crippen LogP contribution in [0.25, 0.3) is 16.7 Å². The van der Waals surface area contributed by atoms with Crippen molar-refractivity contribution < 1.29 is 23.5 Å². The lowest BCUT2D eigenvalue weighted by Gasteiger charge is -2.12. The summed E-state index contributed by atoms with van der Waals surface area (Å²) in [7, 11) is 0. The maximum absolute atomic E-state index is 13.0. The number of aryl methyl sites for hydroxylation is 1. The van der Waals surface area contributed by atoms with Gasteiger partial charge < -0.3 is 19.2 Å². The first-order valence-corrected chi connectivity index (χ1v) is 11.2. The van der Waals surface area contributed by atoms with Crippen molar-refractivity contribution in [2.45, 2.75) is 20.8 Å². The molecule has 2 aromatic carbocycles. The van der Waals surface area contributed by atoms with Crippen LogP contribution in [0, 0.1) is 6.92 Å². The molecule has 0 aliphatic heterocycles. The normalized spacial score (nSPS) is 10.8. The molecule has 0 atom stereocenters. The topological polar surface area (TPSA) is 130 Å². The SMILES string of the molecule is CCOC(=O)c1nn(-c2ccc(C)cc2)c(=O)cc1NC(=O)c1cc2cccc(OCC)c2oc1=O. The summed E-state index contributed by atoms with van der Waals surface area (Å²) in [5.74, 6) is -1.36. The fraction of sp³-hybridized carbons (Fsp3) is 0.192. The number of nitrogens with zero attached hydrogens (tertiary/aromatic N) is 2. The standard InChI is InChI=1S/C26H23N3O7/c1-4-34-20-8-6-7-16-13-18(25(32)36-23(16)20)24(31)27-19-14-21(30)29(17-11-9-15(3)10-12-17)28-22(19)26(33)35-5-2/h6-14H,4-5H2,1-3H3,(H,27,31). The van der Waals surface area contributed by atoms with Gasteiger partial charge in [0.05, 0.1) is 24.6 Å². The highest BCUT2D eigenvalue weighted by Crippen LogP contribution is 2.25. The number of hydrogen-bond donors (Lipinski definition) is 1. The van der Waals surface area contributed by atoms with E-state index in [1.54, 1.807) is 56.3 Å². The van der Waals surface area contributed by atoms with Crippen LogP contribution >= 0.6 is 0 Å². The van der Waals surface area contributed by atoms with E-state index in [2.05, 4.69) is 10.4 Å². The Hall–Kier alpha value is -4.73. The van der Waals surface area contributed by atoms with Crippen LogP contribution in [0.2, 0.25) is 0 Å². The molecule has 2 heterocycles. The van der Waals surface area contributed by atoms with Crippen molar-refractivity contribution >= 4 is 28.5 Å². The Kier molecular flexibility index (Phi) is 6.95. The highest BCUT2D eigenvalue weighted by molar-refractivity contribution is 6.08. The quantitative estimate of drug-likeness (QED) is 0.309. The van der Waals surface area contributed by atoms with E-state index in [1.165, 1.54) is 6.07 Å². The second kappa shape index (κ2) is 10.3. The first kappa shape index (κ1) is 24.4. The Morgan fingerprint density at radius 2 is 1.78 bits per heavy atom. The molecule has 0 aliphatic rings. The number of fused-ring (bicyclic) bond motifs is 1. The van der Waals surface area contributed by atoms with E-state index >= 15 is 0 Å². The van der Waals surface area contributed by atoms with E-state index in [0.29, 0.717) is 23.4 Å². The van der Waals surface area contributed by atoms with E-state index < -0.39 is 23.1 Å². The summed E-state index contributed by atoms with van der Waals surface area (Å²) in [6.45, 7) is 5.71. The second-order valence-corrected chi connectivity index (χ2v) is 7.72. The second-order valence-electron chi connectivity index (χ2n) is 7.72. The van der Waals surface area contributed by atoms with Gasteiger partial charge in [-0.3, -0.25) is 9.59 Å². The summed E-state index contributed by atoms with van der Waals surface area (Å²) >= 11 is 0. The third kappa shape index (κ3) is 4.88. The molecule has 0 saturated heterocycles. The van der Waals surface area contributed by atoms with Gasteiger partial charge in [0, 0.05) is 11.5 Å². The number of rotatable bonds is 7. The summed E-state index contributed by atoms with van der Waals surface area (Å²) in [5.41, 5.74) is -0.731. The van der Waals surface area contributed by atoms with E-state index in [0.717, 1.165) is 16.3 Å². The van der Waals surface area contributed by atoms with Crippen LogP contribution in [-0.4, -0.2) is 34.9 Å². The van der Waals surface area contributed by atoms with Crippen LogP contribution in [0.4, 0.5) is 5.69 Å². The number of esters is 1. The van der Waals surface area contributed by atoms with Gasteiger partial charge in [-0.2, -0.15) is 9.78 Å². The van der Waals surface area contributed by atoms with Gasteiger partial charge in [-0.15, -0.1) is 0 Å². The average molecular weight is 489 g/mol. The number of anilines is 1. The summed E-state index contributed by atoms with van der Waals surface area (Å²) in [4.78, 5) is 51.1. The molecule has 0 saturated carbocycles. The first-order valence-electron chi connectivity index (χ1n) is 11.2. The fourth-order valence-electron chi connectivity index (χ4n) is 3.51. The largest absolute Gasteiger partial charge is 0.490 e. The Balaban J connectivity index is 1.76. The maximum atomic E-state index is 13.0. The zero-order valence-corrected chi connectivity index (χ0v) is 19.9. The molecule has 1 N–H and O–H groups in total. The van der Waals surface area contributed by atoms with Crippen molar-refractivity contribution in [1.29, 1.82) is 0 Å². The Labute approximate surface area is 205 Å². The van der Waals surface area contributed by atoms with Crippen LogP contribution < -0.4 is 21.2 Å². The van der Waals surface area contributed by atoms with E-state index in [9.17, 15) is 19.2 Å². The van der Waals surface area contributed by atoms with Crippen LogP contribution in [-0.2, 0) is 4.74 Å². The molecule has 10 nitrogen and oxygen atoms in total. The number of carbonyl (C=O) groups is 2. The van der Waals surface area contributed by atoms with E-state index in [1.807, 2.05) is 6.92 Å². The Morgan fingerprint density at radius 1 is 1.03 bits per heavy atom. The van der Waals surface area contributed by atoms with Gasteiger partial charge >= 0.3 is 11.6 Å². The number of carbonyl (C=O) groups excluding carboxylic acids is 2. The van der Waals surface area contributed by atoms with Crippen LogP contribution in [0.15, 0.2) is 68.6 Å². The molecule has 2 aromatic heterocycles. The van der Waals surface area contributed by atoms with Gasteiger partial charge in [-0.1, -0.05) is 29.8 Å². The Morgan fingerprint density at radius 3 is 2.47 bits per heavy atom. The van der Waals surface area contributed by atoms with Crippen molar-refractivity contribution in [3.8, 4) is 11.4 Å². The van der Waals surface area contributed by atoms with Crippen molar-refractivity contribution in [2.24, 2.45) is 0 Å². The van der Waals surface area contributed by atoms with Crippen LogP contribution in [0.3, 0.4) is 0 Å². The van der Waals surface area contributed by atoms with Gasteiger partial charge in [0.25, 0.3) is 11.5 Å². The lowest BCUT2D eigenvalue weighted by Crippen LogP contribution is -2.28. The van der Waals surface area contributed by atoms with E-state index in [4.69, 9.17) is 13.9 Å². The number of para-hydroxylation sites is 1. The molecule has 4 aromatic rings. The molecule has 0 fully saturated rings. The minimum Gasteiger partial charge on any atom is -0.490 e. The molecule has 4 rings (SSSR count). The highest BCUT2D eigenvalue weighted by Gasteiger charge is 2.22. The van der Waals surface area contributed by atoms with Gasteiger partial charge in [-0.05, 0) is 45.0 Å². The predicted octanol–water partition coefficient (Wildman–Crippen LogP) is 3.48. The molecule has 184 valence electrons. The first-order chi connectivity index (χ1) is 17.3. The Bertz CT molecular complexity index is 1570. The highest BCUT2D eigenvalue weighted by atomic mass is 16.5. The molecule has 0 radical (unpaired) electrons. The number of hydrogen-bond acceptors (Lipinski definition) is 8. The van der Waals surface area contributed by atoms with Gasteiger partial charge in [0.2, 0.25) is 0 Å². The fourth-order valence-corrected chi connectivity index (χ4v) is 3.51. The molecular weight excluding hydrogens is 466 g/mol. The number of amides is 1. The molecule has 1 amide bonds. The average Bonchev–Trinajstić information content (AvgIpc) is 2.85. The van der Waals surface area contributed by atoms with Crippen molar-refractivity contribution in [2.75, 3.05) is 18.5 Å². The monoisotopic (exact) mass is 489 g/mol. The predicted molar refractivity (Wildman–Crippen MR) is 132 cm³/mol. The lowest BCUT2D eigenvalue weighted by atomic mass is 10.1. The van der Waals surface area contributed by atoms with Crippen molar-refractivity contribution in [3.63, 3.8) is 0 Å². The number of aromatic nitrogens is 2. The third-order valence-corrected chi connectivity index (χ3v) is 5.20. The molecule has 10 heteroatoms. The molecule has 0 unspecified atom stereocenters. The lowest BCUT2D eigenvalue weighted by molar-refractivity contribution is 0.0518. The number of ether oxygens (including phenoxy) is 2. The molecule has 0 aliphatic carbocycles. The molecule has 36 heavy (non-hydrogen) atoms. The summed E-state index contributed by atoms with van der Waals surface area (Å²) < 4.78 is 16.9. The van der Waals surface area contributed by atoms with Gasteiger partial charge in [-0.25, -0.2) is 9.59 Å². The van der Waals surface area contributed by atoms with Crippen LogP contribution in [0.1, 0.15) is 40.3 Å². The summed E-state index contributed by atoms with van der Waals surface area (Å²) in [6.07, 6.45) is 0. The summed E-state index contributed by atoms with van der Waals surface area (Å²) in [5, 5.41) is 7.03. The number of nitrogens with one attached hydrogen (secondary N) is 1. The van der Waals surface area contributed by atoms with Crippen molar-refractivity contribution in [3.05, 3.63) is 92.2 Å². The van der Waals surface area contributed by atoms with Crippen LogP contribution in [0.5, 0.6) is 5.75 Å². The summed E-state index contributed by atoms with van der Waals surface area (Å²) in [6, 6.07) is 14.3. The maximum Gasteiger partial charge on any atom is 0.360 e. The minimum absolute atomic E-state index is 0.0496. The zero-order valence-electron chi connectivity index (χ0n) is 19.9. The third-order valence-electron chi connectivity index (χ3n) is 5.20. The van der Waals surface area contributed by atoms with Gasteiger partial charge in [0.15, 0.2) is 17.0 Å². The number of benzene rings is 2. The molecule has 0 bridgehead atoms. The smallest absolute Gasteiger partial charge is 0.360 e. The molecular formula is C26H23N3O7. The minimum atomic E-state index is -0.911. The molecule has 0 spiro atoms. The zero-order chi connectivity index (χ0) is 25.8.